The number of hydrogen-bond donors (Lipinski definition) is 1. The van der Waals surface area contributed by atoms with E-state index in [1.54, 1.807) is 0 Å². The van der Waals surface area contributed by atoms with Gasteiger partial charge in [-0.2, -0.15) is 0 Å². The van der Waals surface area contributed by atoms with Gasteiger partial charge in [0, 0.05) is 19.0 Å². The molecule has 1 aromatic rings. The molecule has 1 amide bonds. The first-order chi connectivity index (χ1) is 7.50. The molecule has 90 valence electrons. The predicted molar refractivity (Wildman–Crippen MR) is 59.3 cm³/mol. The van der Waals surface area contributed by atoms with Gasteiger partial charge in [-0.1, -0.05) is 13.8 Å². The third-order valence-electron chi connectivity index (χ3n) is 1.97. The number of aromatic nitrogens is 2. The maximum Gasteiger partial charge on any atom is 0.308 e. The highest BCUT2D eigenvalue weighted by atomic mass is 16.4. The molecule has 0 radical (unpaired) electrons. The molecule has 1 heterocycles. The van der Waals surface area contributed by atoms with Crippen LogP contribution in [0.5, 0.6) is 0 Å². The number of nitrogens with one attached hydrogen (secondary N) is 1. The summed E-state index contributed by atoms with van der Waals surface area (Å²) in [4.78, 5) is 13.5. The zero-order valence-corrected chi connectivity index (χ0v) is 10.1. The molecule has 16 heavy (non-hydrogen) atoms. The molecule has 1 rings (SSSR count). The molecule has 0 aliphatic carbocycles. The van der Waals surface area contributed by atoms with Crippen LogP contribution >= 0.6 is 0 Å². The lowest BCUT2D eigenvalue weighted by Gasteiger charge is -2.08. The van der Waals surface area contributed by atoms with Crippen LogP contribution in [-0.4, -0.2) is 48.2 Å². The SMILES string of the molecule is CC(C)c1nnc(C(=O)NCCN(C)C)o1. The first kappa shape index (κ1) is 12.6. The van der Waals surface area contributed by atoms with Gasteiger partial charge in [-0.15, -0.1) is 10.2 Å². The monoisotopic (exact) mass is 226 g/mol. The summed E-state index contributed by atoms with van der Waals surface area (Å²) in [5.41, 5.74) is 0. The number of hydrogen-bond acceptors (Lipinski definition) is 5. The van der Waals surface area contributed by atoms with Crippen LogP contribution in [0, 0.1) is 0 Å². The fourth-order valence-electron chi connectivity index (χ4n) is 1.03. The lowest BCUT2D eigenvalue weighted by Crippen LogP contribution is -2.31. The molecule has 1 aromatic heterocycles. The van der Waals surface area contributed by atoms with Gasteiger partial charge in [0.2, 0.25) is 5.89 Å². The van der Waals surface area contributed by atoms with Gasteiger partial charge in [0.1, 0.15) is 0 Å². The summed E-state index contributed by atoms with van der Waals surface area (Å²) < 4.78 is 5.22. The Hall–Kier alpha value is -1.43. The highest BCUT2D eigenvalue weighted by Gasteiger charge is 2.15. The Bertz CT molecular complexity index is 346. The van der Waals surface area contributed by atoms with Gasteiger partial charge in [0.15, 0.2) is 0 Å². The van der Waals surface area contributed by atoms with Crippen LogP contribution in [0.25, 0.3) is 0 Å². The number of rotatable bonds is 5. The van der Waals surface area contributed by atoms with E-state index < -0.39 is 0 Å². The van der Waals surface area contributed by atoms with E-state index in [1.165, 1.54) is 0 Å². The Kier molecular flexibility index (Phi) is 4.42. The van der Waals surface area contributed by atoms with Crippen molar-refractivity contribution in [3.8, 4) is 0 Å². The summed E-state index contributed by atoms with van der Waals surface area (Å²) in [6, 6.07) is 0. The van der Waals surface area contributed by atoms with Crippen LogP contribution in [0.3, 0.4) is 0 Å². The number of amides is 1. The number of nitrogens with zero attached hydrogens (tertiary/aromatic N) is 3. The average molecular weight is 226 g/mol. The summed E-state index contributed by atoms with van der Waals surface area (Å²) in [7, 11) is 3.88. The maximum absolute atomic E-state index is 11.5. The third kappa shape index (κ3) is 3.62. The molecule has 0 bridgehead atoms. The van der Waals surface area contributed by atoms with Gasteiger partial charge < -0.3 is 14.6 Å². The number of carbonyl (C=O) groups is 1. The molecule has 0 aliphatic heterocycles. The minimum atomic E-state index is -0.318. The Morgan fingerprint density at radius 2 is 2.12 bits per heavy atom. The Balaban J connectivity index is 2.46. The largest absolute Gasteiger partial charge is 0.417 e. The topological polar surface area (TPSA) is 71.3 Å². The molecule has 6 nitrogen and oxygen atoms in total. The molecular weight excluding hydrogens is 208 g/mol. The first-order valence-corrected chi connectivity index (χ1v) is 5.27. The van der Waals surface area contributed by atoms with Crippen LogP contribution in [-0.2, 0) is 0 Å². The smallest absolute Gasteiger partial charge is 0.308 e. The van der Waals surface area contributed by atoms with Crippen LogP contribution < -0.4 is 5.32 Å². The number of likely N-dealkylation sites (N-methyl/N-ethyl adjacent to an activating group) is 1. The summed E-state index contributed by atoms with van der Waals surface area (Å²) in [5, 5.41) is 10.2. The minimum Gasteiger partial charge on any atom is -0.417 e. The summed E-state index contributed by atoms with van der Waals surface area (Å²) in [5.74, 6) is 0.331. The van der Waals surface area contributed by atoms with Crippen molar-refractivity contribution in [2.24, 2.45) is 0 Å². The highest BCUT2D eigenvalue weighted by molar-refractivity contribution is 5.89. The lowest BCUT2D eigenvalue weighted by atomic mass is 10.2. The van der Waals surface area contributed by atoms with Crippen LogP contribution in [0.2, 0.25) is 0 Å². The van der Waals surface area contributed by atoms with E-state index >= 15 is 0 Å². The fraction of sp³-hybridized carbons (Fsp3) is 0.700. The van der Waals surface area contributed by atoms with E-state index in [4.69, 9.17) is 4.42 Å². The van der Waals surface area contributed by atoms with Crippen molar-refractivity contribution in [1.82, 2.24) is 20.4 Å². The zero-order valence-electron chi connectivity index (χ0n) is 10.1. The van der Waals surface area contributed by atoms with Crippen molar-refractivity contribution in [2.75, 3.05) is 27.2 Å². The average Bonchev–Trinajstić information content (AvgIpc) is 2.65. The molecule has 0 unspecified atom stereocenters. The van der Waals surface area contributed by atoms with E-state index in [9.17, 15) is 4.79 Å². The summed E-state index contributed by atoms with van der Waals surface area (Å²) in [6.45, 7) is 5.20. The summed E-state index contributed by atoms with van der Waals surface area (Å²) in [6.07, 6.45) is 0. The number of carbonyl (C=O) groups excluding carboxylic acids is 1. The van der Waals surface area contributed by atoms with Crippen LogP contribution in [0.15, 0.2) is 4.42 Å². The van der Waals surface area contributed by atoms with E-state index in [2.05, 4.69) is 15.5 Å². The van der Waals surface area contributed by atoms with Crippen molar-refractivity contribution >= 4 is 5.91 Å². The summed E-state index contributed by atoms with van der Waals surface area (Å²) >= 11 is 0. The minimum absolute atomic E-state index is 0.0301. The second kappa shape index (κ2) is 5.60. The van der Waals surface area contributed by atoms with E-state index in [1.807, 2.05) is 32.8 Å². The molecule has 0 saturated carbocycles. The molecule has 1 N–H and O–H groups in total. The van der Waals surface area contributed by atoms with Gasteiger partial charge in [0.25, 0.3) is 0 Å². The van der Waals surface area contributed by atoms with E-state index in [-0.39, 0.29) is 17.7 Å². The van der Waals surface area contributed by atoms with Gasteiger partial charge in [0.05, 0.1) is 0 Å². The zero-order chi connectivity index (χ0) is 12.1. The van der Waals surface area contributed by atoms with Crippen molar-refractivity contribution in [3.05, 3.63) is 11.8 Å². The quantitative estimate of drug-likeness (QED) is 0.791. The lowest BCUT2D eigenvalue weighted by molar-refractivity contribution is 0.0914. The normalized spacial score (nSPS) is 11.1. The molecular formula is C10H18N4O2. The Morgan fingerprint density at radius 1 is 1.44 bits per heavy atom. The molecule has 6 heteroatoms. The second-order valence-corrected chi connectivity index (χ2v) is 4.16. The van der Waals surface area contributed by atoms with E-state index in [0.717, 1.165) is 6.54 Å². The van der Waals surface area contributed by atoms with Crippen molar-refractivity contribution < 1.29 is 9.21 Å². The highest BCUT2D eigenvalue weighted by Crippen LogP contribution is 2.11. The third-order valence-corrected chi connectivity index (χ3v) is 1.97. The van der Waals surface area contributed by atoms with Crippen LogP contribution in [0.4, 0.5) is 0 Å². The second-order valence-electron chi connectivity index (χ2n) is 4.16. The molecule has 0 aliphatic rings. The molecule has 0 spiro atoms. The van der Waals surface area contributed by atoms with Gasteiger partial charge in [-0.3, -0.25) is 4.79 Å². The van der Waals surface area contributed by atoms with Gasteiger partial charge >= 0.3 is 11.8 Å². The fourth-order valence-corrected chi connectivity index (χ4v) is 1.03. The standard InChI is InChI=1S/C10H18N4O2/c1-7(2)9-12-13-10(16-9)8(15)11-5-6-14(3)4/h7H,5-6H2,1-4H3,(H,11,15). The first-order valence-electron chi connectivity index (χ1n) is 5.27. The van der Waals surface area contributed by atoms with Gasteiger partial charge in [-0.05, 0) is 14.1 Å². The van der Waals surface area contributed by atoms with Crippen molar-refractivity contribution in [2.45, 2.75) is 19.8 Å². The van der Waals surface area contributed by atoms with Crippen molar-refractivity contribution in [1.29, 1.82) is 0 Å². The molecule has 0 aromatic carbocycles. The molecule has 0 fully saturated rings. The Morgan fingerprint density at radius 3 is 2.62 bits per heavy atom. The Labute approximate surface area is 95.0 Å². The van der Waals surface area contributed by atoms with Gasteiger partial charge in [-0.25, -0.2) is 0 Å². The molecule has 0 saturated heterocycles. The van der Waals surface area contributed by atoms with Crippen molar-refractivity contribution in [3.63, 3.8) is 0 Å². The predicted octanol–water partition coefficient (Wildman–Crippen LogP) is 0.484. The van der Waals surface area contributed by atoms with E-state index in [0.29, 0.717) is 12.4 Å². The maximum atomic E-state index is 11.5. The molecule has 0 atom stereocenters. The van der Waals surface area contributed by atoms with Crippen LogP contribution in [0.1, 0.15) is 36.3 Å².